The van der Waals surface area contributed by atoms with E-state index in [1.807, 2.05) is 59.7 Å². The van der Waals surface area contributed by atoms with Crippen molar-refractivity contribution in [1.29, 1.82) is 0 Å². The lowest BCUT2D eigenvalue weighted by molar-refractivity contribution is 0.576. The maximum absolute atomic E-state index is 14.7. The monoisotopic (exact) mass is 418 g/mol. The Labute approximate surface area is 162 Å². The zero-order chi connectivity index (χ0) is 19.6. The average molecular weight is 419 g/mol. The molecule has 0 bridgehead atoms. The van der Waals surface area contributed by atoms with Gasteiger partial charge in [0.15, 0.2) is 0 Å². The summed E-state index contributed by atoms with van der Waals surface area (Å²) in [6.07, 6.45) is 1.55. The molecule has 5 heteroatoms. The summed E-state index contributed by atoms with van der Waals surface area (Å²) < 4.78 is 16.8. The predicted molar refractivity (Wildman–Crippen MR) is 110 cm³/mol. The Morgan fingerprint density at radius 3 is 2.42 bits per heavy atom. The number of hydrogen-bond donors (Lipinski definition) is 0. The van der Waals surface area contributed by atoms with Crippen molar-refractivity contribution in [2.75, 3.05) is 0 Å². The molecular weight excluding hydrogens is 395 g/mol. The molecule has 3 aromatic rings. The molecule has 3 rings (SSSR count). The smallest absolute Gasteiger partial charge is 0.267 e. The van der Waals surface area contributed by atoms with Gasteiger partial charge < -0.3 is 0 Å². The summed E-state index contributed by atoms with van der Waals surface area (Å²) in [7, 11) is 0. The summed E-state index contributed by atoms with van der Waals surface area (Å²) in [5, 5.41) is 4.85. The quantitative estimate of drug-likeness (QED) is 0.491. The molecule has 1 heterocycles. The van der Waals surface area contributed by atoms with Crippen LogP contribution in [0.2, 0.25) is 0 Å². The largest absolute Gasteiger partial charge is 0.282 e. The van der Waals surface area contributed by atoms with Crippen LogP contribution in [0.15, 0.2) is 45.8 Å². The van der Waals surface area contributed by atoms with Crippen LogP contribution in [-0.4, -0.2) is 9.78 Å². The Bertz CT molecular complexity index is 1000. The normalized spacial score (nSPS) is 11.2. The number of aromatic nitrogens is 2. The lowest BCUT2D eigenvalue weighted by Crippen LogP contribution is -2.23. The summed E-state index contributed by atoms with van der Waals surface area (Å²) in [5.74, 6) is -0.508. The Balaban J connectivity index is 0.00000117. The molecule has 0 aliphatic carbocycles. The molecule has 138 valence electrons. The van der Waals surface area contributed by atoms with Crippen molar-refractivity contribution < 1.29 is 4.39 Å². The van der Waals surface area contributed by atoms with Gasteiger partial charge in [-0.2, -0.15) is 9.78 Å². The summed E-state index contributed by atoms with van der Waals surface area (Å²) in [6.45, 7) is 11.9. The maximum Gasteiger partial charge on any atom is 0.282 e. The number of halogens is 2. The van der Waals surface area contributed by atoms with E-state index in [4.69, 9.17) is 0 Å². The van der Waals surface area contributed by atoms with Crippen molar-refractivity contribution in [1.82, 2.24) is 9.78 Å². The third-order valence-corrected chi connectivity index (χ3v) is 5.03. The molecule has 0 N–H and O–H groups in total. The topological polar surface area (TPSA) is 34.9 Å². The van der Waals surface area contributed by atoms with Gasteiger partial charge in [-0.05, 0) is 47.7 Å². The van der Waals surface area contributed by atoms with Crippen LogP contribution in [0.25, 0.3) is 16.5 Å². The van der Waals surface area contributed by atoms with Gasteiger partial charge in [0.2, 0.25) is 0 Å². The highest BCUT2D eigenvalue weighted by Crippen LogP contribution is 2.27. The van der Waals surface area contributed by atoms with Crippen molar-refractivity contribution in [3.05, 3.63) is 68.3 Å². The molecular formula is C21H24BrFN2O. The van der Waals surface area contributed by atoms with Crippen LogP contribution in [0.1, 0.15) is 45.7 Å². The van der Waals surface area contributed by atoms with E-state index >= 15 is 0 Å². The van der Waals surface area contributed by atoms with Gasteiger partial charge in [-0.25, -0.2) is 4.39 Å². The first-order chi connectivity index (χ1) is 12.2. The molecule has 0 spiro atoms. The fourth-order valence-corrected chi connectivity index (χ4v) is 3.02. The zero-order valence-corrected chi connectivity index (χ0v) is 17.6. The van der Waals surface area contributed by atoms with Crippen LogP contribution in [0.4, 0.5) is 4.39 Å². The minimum Gasteiger partial charge on any atom is -0.267 e. The standard InChI is InChI=1S/C19H18BrFN2O.C2H6/c1-11-14(20)6-5-7-16(11)23-18(24)17-12(10-22-23)8-13(9-15(17)21)19(2,3)4;1-2/h5-10H,1-4H3;1-2H3. The van der Waals surface area contributed by atoms with Crippen LogP contribution in [-0.2, 0) is 5.41 Å². The molecule has 0 saturated heterocycles. The van der Waals surface area contributed by atoms with Crippen LogP contribution in [0.3, 0.4) is 0 Å². The van der Waals surface area contributed by atoms with Gasteiger partial charge in [-0.3, -0.25) is 4.79 Å². The number of rotatable bonds is 1. The van der Waals surface area contributed by atoms with E-state index in [2.05, 4.69) is 21.0 Å². The van der Waals surface area contributed by atoms with Crippen molar-refractivity contribution in [3.8, 4) is 5.69 Å². The summed E-state index contributed by atoms with van der Waals surface area (Å²) in [5.41, 5.74) is 1.69. The molecule has 0 unspecified atom stereocenters. The molecule has 0 amide bonds. The molecule has 1 aromatic heterocycles. The Hall–Kier alpha value is -2.01. The van der Waals surface area contributed by atoms with E-state index in [9.17, 15) is 9.18 Å². The number of fused-ring (bicyclic) bond motifs is 1. The summed E-state index contributed by atoms with van der Waals surface area (Å²) in [6, 6.07) is 8.79. The van der Waals surface area contributed by atoms with E-state index in [-0.39, 0.29) is 10.8 Å². The summed E-state index contributed by atoms with van der Waals surface area (Å²) in [4.78, 5) is 12.8. The molecule has 0 radical (unpaired) electrons. The third kappa shape index (κ3) is 3.73. The van der Waals surface area contributed by atoms with Gasteiger partial charge >= 0.3 is 0 Å². The molecule has 0 atom stereocenters. The average Bonchev–Trinajstić information content (AvgIpc) is 2.59. The van der Waals surface area contributed by atoms with Crippen molar-refractivity contribution in [2.24, 2.45) is 0 Å². The second kappa shape index (κ2) is 7.70. The first kappa shape index (κ1) is 20.3. The second-order valence-electron chi connectivity index (χ2n) is 6.92. The minimum atomic E-state index is -0.508. The first-order valence-electron chi connectivity index (χ1n) is 8.67. The number of hydrogen-bond acceptors (Lipinski definition) is 2. The van der Waals surface area contributed by atoms with E-state index in [0.717, 1.165) is 15.6 Å². The SMILES string of the molecule is CC.Cc1c(Br)cccc1-n1ncc2cc(C(C)(C)C)cc(F)c2c1=O. The summed E-state index contributed by atoms with van der Waals surface area (Å²) >= 11 is 3.45. The molecule has 26 heavy (non-hydrogen) atoms. The van der Waals surface area contributed by atoms with Crippen molar-refractivity contribution >= 4 is 26.7 Å². The molecule has 0 aliphatic heterocycles. The fourth-order valence-electron chi connectivity index (χ4n) is 2.66. The van der Waals surface area contributed by atoms with E-state index < -0.39 is 11.4 Å². The predicted octanol–water partition coefficient (Wildman–Crippen LogP) is 5.92. The Morgan fingerprint density at radius 2 is 1.81 bits per heavy atom. The van der Waals surface area contributed by atoms with Crippen LogP contribution < -0.4 is 5.56 Å². The highest BCUT2D eigenvalue weighted by Gasteiger charge is 2.19. The van der Waals surface area contributed by atoms with Crippen molar-refractivity contribution in [3.63, 3.8) is 0 Å². The van der Waals surface area contributed by atoms with Crippen molar-refractivity contribution in [2.45, 2.75) is 47.0 Å². The lowest BCUT2D eigenvalue weighted by atomic mass is 9.86. The highest BCUT2D eigenvalue weighted by molar-refractivity contribution is 9.10. The molecule has 0 aliphatic rings. The van der Waals surface area contributed by atoms with Gasteiger partial charge in [-0.1, -0.05) is 56.6 Å². The minimum absolute atomic E-state index is 0.0670. The van der Waals surface area contributed by atoms with E-state index in [1.165, 1.54) is 10.7 Å². The van der Waals surface area contributed by atoms with Gasteiger partial charge in [0.05, 0.1) is 17.3 Å². The fraction of sp³-hybridized carbons (Fsp3) is 0.333. The highest BCUT2D eigenvalue weighted by atomic mass is 79.9. The van der Waals surface area contributed by atoms with Crippen LogP contribution in [0, 0.1) is 12.7 Å². The van der Waals surface area contributed by atoms with Crippen LogP contribution >= 0.6 is 15.9 Å². The molecule has 2 aromatic carbocycles. The Kier molecular flexibility index (Phi) is 6.02. The van der Waals surface area contributed by atoms with Gasteiger partial charge in [-0.15, -0.1) is 0 Å². The van der Waals surface area contributed by atoms with E-state index in [0.29, 0.717) is 11.1 Å². The van der Waals surface area contributed by atoms with Gasteiger partial charge in [0.25, 0.3) is 5.56 Å². The molecule has 0 saturated carbocycles. The second-order valence-corrected chi connectivity index (χ2v) is 7.77. The number of nitrogens with zero attached hydrogens (tertiary/aromatic N) is 2. The first-order valence-corrected chi connectivity index (χ1v) is 9.47. The number of benzene rings is 2. The zero-order valence-electron chi connectivity index (χ0n) is 16.0. The molecule has 3 nitrogen and oxygen atoms in total. The lowest BCUT2D eigenvalue weighted by Gasteiger charge is -2.20. The van der Waals surface area contributed by atoms with Gasteiger partial charge in [0, 0.05) is 9.86 Å². The molecule has 0 fully saturated rings. The maximum atomic E-state index is 14.7. The van der Waals surface area contributed by atoms with E-state index in [1.54, 1.807) is 12.3 Å². The Morgan fingerprint density at radius 1 is 1.15 bits per heavy atom. The van der Waals surface area contributed by atoms with Gasteiger partial charge in [0.1, 0.15) is 5.82 Å². The third-order valence-electron chi connectivity index (χ3n) is 4.17. The van der Waals surface area contributed by atoms with Crippen LogP contribution in [0.5, 0.6) is 0 Å².